The second-order valence-electron chi connectivity index (χ2n) is 7.54. The number of sulfonamides is 1. The molecule has 0 saturated carbocycles. The van der Waals surface area contributed by atoms with Crippen LogP contribution in [0.25, 0.3) is 0 Å². The summed E-state index contributed by atoms with van der Waals surface area (Å²) in [7, 11) is -3.55. The summed E-state index contributed by atoms with van der Waals surface area (Å²) in [5.74, 6) is -0.336. The summed E-state index contributed by atoms with van der Waals surface area (Å²) in [6.45, 7) is 3.42. The largest absolute Gasteiger partial charge is 0.350 e. The first-order valence-corrected chi connectivity index (χ1v) is 11.9. The minimum atomic E-state index is -3.55. The van der Waals surface area contributed by atoms with Crippen molar-refractivity contribution < 1.29 is 13.2 Å². The van der Waals surface area contributed by atoms with Gasteiger partial charge in [0.05, 0.1) is 11.9 Å². The van der Waals surface area contributed by atoms with E-state index in [1.807, 2.05) is 12.1 Å². The lowest BCUT2D eigenvalue weighted by Gasteiger charge is -2.26. The Kier molecular flexibility index (Phi) is 7.28. The smallest absolute Gasteiger partial charge is 0.241 e. The van der Waals surface area contributed by atoms with Crippen LogP contribution in [0, 0.1) is 0 Å². The number of carbonyl (C=O) groups is 1. The molecule has 3 rings (SSSR count). The van der Waals surface area contributed by atoms with Crippen LogP contribution in [0.1, 0.15) is 30.4 Å². The second kappa shape index (κ2) is 9.89. The average molecular weight is 416 g/mol. The maximum Gasteiger partial charge on any atom is 0.241 e. The monoisotopic (exact) mass is 415 g/mol. The zero-order valence-corrected chi connectivity index (χ0v) is 17.7. The summed E-state index contributed by atoms with van der Waals surface area (Å²) in [6, 6.07) is 16.9. The minimum absolute atomic E-state index is 0.240. The summed E-state index contributed by atoms with van der Waals surface area (Å²) in [4.78, 5) is 14.8. The van der Waals surface area contributed by atoms with Gasteiger partial charge in [-0.3, -0.25) is 14.0 Å². The van der Waals surface area contributed by atoms with E-state index >= 15 is 0 Å². The van der Waals surface area contributed by atoms with Crippen LogP contribution in [0.4, 0.5) is 5.69 Å². The number of hydrogen-bond donors (Lipinski definition) is 1. The quantitative estimate of drug-likeness (QED) is 0.720. The number of carbonyl (C=O) groups excluding carboxylic acids is 1. The molecule has 6 nitrogen and oxygen atoms in total. The van der Waals surface area contributed by atoms with Gasteiger partial charge in [0.15, 0.2) is 0 Å². The van der Waals surface area contributed by atoms with Gasteiger partial charge in [0, 0.05) is 13.1 Å². The van der Waals surface area contributed by atoms with Gasteiger partial charge >= 0.3 is 0 Å². The van der Waals surface area contributed by atoms with Crippen LogP contribution in [0.2, 0.25) is 0 Å². The zero-order valence-electron chi connectivity index (χ0n) is 16.9. The van der Waals surface area contributed by atoms with Gasteiger partial charge < -0.3 is 5.32 Å². The van der Waals surface area contributed by atoms with Crippen molar-refractivity contribution in [2.24, 2.45) is 0 Å². The molecule has 0 aliphatic carbocycles. The lowest BCUT2D eigenvalue weighted by molar-refractivity contribution is -0.119. The number of likely N-dealkylation sites (tertiary alicyclic amines) is 1. The lowest BCUT2D eigenvalue weighted by Crippen LogP contribution is -2.40. The molecule has 29 heavy (non-hydrogen) atoms. The first kappa shape index (κ1) is 21.3. The van der Waals surface area contributed by atoms with E-state index in [-0.39, 0.29) is 12.5 Å². The molecule has 0 aromatic heterocycles. The maximum absolute atomic E-state index is 12.4. The molecule has 1 heterocycles. The van der Waals surface area contributed by atoms with Gasteiger partial charge in [0.2, 0.25) is 15.9 Å². The summed E-state index contributed by atoms with van der Waals surface area (Å²) in [6.07, 6.45) is 4.99. The number of piperidine rings is 1. The normalized spacial score (nSPS) is 15.1. The van der Waals surface area contributed by atoms with Crippen molar-refractivity contribution in [1.29, 1.82) is 0 Å². The molecule has 2 aromatic carbocycles. The molecule has 1 fully saturated rings. The fourth-order valence-electron chi connectivity index (χ4n) is 3.52. The van der Waals surface area contributed by atoms with E-state index in [0.29, 0.717) is 12.2 Å². The Morgan fingerprint density at radius 3 is 2.21 bits per heavy atom. The predicted molar refractivity (Wildman–Crippen MR) is 116 cm³/mol. The molecule has 1 amide bonds. The molecule has 156 valence electrons. The van der Waals surface area contributed by atoms with Gasteiger partial charge in [-0.2, -0.15) is 0 Å². The van der Waals surface area contributed by atoms with E-state index in [2.05, 4.69) is 22.3 Å². The Morgan fingerprint density at radius 2 is 1.59 bits per heavy atom. The maximum atomic E-state index is 12.4. The van der Waals surface area contributed by atoms with Crippen LogP contribution in [-0.2, 0) is 27.9 Å². The van der Waals surface area contributed by atoms with E-state index in [0.717, 1.165) is 35.8 Å². The Labute approximate surface area is 173 Å². The van der Waals surface area contributed by atoms with Crippen molar-refractivity contribution in [3.63, 3.8) is 0 Å². The molecule has 7 heteroatoms. The van der Waals surface area contributed by atoms with Crippen molar-refractivity contribution in [3.8, 4) is 0 Å². The highest BCUT2D eigenvalue weighted by Gasteiger charge is 2.20. The molecule has 1 aliphatic rings. The number of benzene rings is 2. The molecule has 0 unspecified atom stereocenters. The minimum Gasteiger partial charge on any atom is -0.350 e. The van der Waals surface area contributed by atoms with E-state index in [1.165, 1.54) is 24.8 Å². The van der Waals surface area contributed by atoms with E-state index in [9.17, 15) is 13.2 Å². The molecular formula is C22H29N3O3S. The highest BCUT2D eigenvalue weighted by molar-refractivity contribution is 7.92. The topological polar surface area (TPSA) is 69.7 Å². The number of rotatable bonds is 8. The molecule has 2 aromatic rings. The molecule has 0 spiro atoms. The zero-order chi connectivity index (χ0) is 20.7. The van der Waals surface area contributed by atoms with Gasteiger partial charge in [0.25, 0.3) is 0 Å². The van der Waals surface area contributed by atoms with Gasteiger partial charge in [-0.25, -0.2) is 8.42 Å². The van der Waals surface area contributed by atoms with Crippen LogP contribution in [0.3, 0.4) is 0 Å². The van der Waals surface area contributed by atoms with Gasteiger partial charge in [-0.05, 0) is 49.2 Å². The number of nitrogens with one attached hydrogen (secondary N) is 1. The first-order chi connectivity index (χ1) is 13.9. The van der Waals surface area contributed by atoms with Crippen LogP contribution in [0.5, 0.6) is 0 Å². The molecule has 0 bridgehead atoms. The Hall–Kier alpha value is -2.38. The molecular weight excluding hydrogens is 386 g/mol. The predicted octanol–water partition coefficient (Wildman–Crippen LogP) is 2.75. The third-order valence-electron chi connectivity index (χ3n) is 5.10. The Bertz CT molecular complexity index is 893. The second-order valence-corrected chi connectivity index (χ2v) is 9.44. The number of para-hydroxylation sites is 1. The van der Waals surface area contributed by atoms with Crippen LogP contribution in [-0.4, -0.2) is 45.1 Å². The molecule has 1 N–H and O–H groups in total. The van der Waals surface area contributed by atoms with Crippen molar-refractivity contribution >= 4 is 21.6 Å². The molecule has 0 atom stereocenters. The summed E-state index contributed by atoms with van der Waals surface area (Å²) < 4.78 is 25.3. The summed E-state index contributed by atoms with van der Waals surface area (Å²) >= 11 is 0. The van der Waals surface area contributed by atoms with Crippen molar-refractivity contribution in [2.45, 2.75) is 32.4 Å². The van der Waals surface area contributed by atoms with Gasteiger partial charge in [-0.1, -0.05) is 48.9 Å². The third kappa shape index (κ3) is 6.58. The third-order valence-corrected chi connectivity index (χ3v) is 6.24. The molecule has 0 radical (unpaired) electrons. The average Bonchev–Trinajstić information content (AvgIpc) is 2.72. The Balaban J connectivity index is 1.53. The van der Waals surface area contributed by atoms with Crippen molar-refractivity contribution in [3.05, 3.63) is 65.7 Å². The lowest BCUT2D eigenvalue weighted by atomic mass is 10.1. The summed E-state index contributed by atoms with van der Waals surface area (Å²) in [5.41, 5.74) is 2.74. The summed E-state index contributed by atoms with van der Waals surface area (Å²) in [5, 5.41) is 2.82. The van der Waals surface area contributed by atoms with Gasteiger partial charge in [0.1, 0.15) is 6.54 Å². The fourth-order valence-corrected chi connectivity index (χ4v) is 4.38. The Morgan fingerprint density at radius 1 is 0.966 bits per heavy atom. The first-order valence-electron chi connectivity index (χ1n) is 10.0. The van der Waals surface area contributed by atoms with Crippen molar-refractivity contribution in [2.75, 3.05) is 30.2 Å². The van der Waals surface area contributed by atoms with Crippen LogP contribution >= 0.6 is 0 Å². The highest BCUT2D eigenvalue weighted by Crippen LogP contribution is 2.16. The number of amides is 1. The van der Waals surface area contributed by atoms with E-state index in [4.69, 9.17) is 0 Å². The van der Waals surface area contributed by atoms with Crippen molar-refractivity contribution in [1.82, 2.24) is 10.2 Å². The molecule has 1 aliphatic heterocycles. The molecule has 1 saturated heterocycles. The number of nitrogens with zero attached hydrogens (tertiary/aromatic N) is 2. The van der Waals surface area contributed by atoms with E-state index in [1.54, 1.807) is 30.3 Å². The van der Waals surface area contributed by atoms with Crippen LogP contribution < -0.4 is 9.62 Å². The van der Waals surface area contributed by atoms with Gasteiger partial charge in [-0.15, -0.1) is 0 Å². The number of hydrogen-bond acceptors (Lipinski definition) is 4. The highest BCUT2D eigenvalue weighted by atomic mass is 32.2. The fraction of sp³-hybridized carbons (Fsp3) is 0.409. The standard InChI is InChI=1S/C22H29N3O3S/c1-29(27,28)25(21-8-4-2-5-9-21)18-22(26)23-16-19-10-12-20(13-11-19)17-24-14-6-3-7-15-24/h2,4-5,8-13H,3,6-7,14-18H2,1H3,(H,23,26). The SMILES string of the molecule is CS(=O)(=O)N(CC(=O)NCc1ccc(CN2CCCCC2)cc1)c1ccccc1. The van der Waals surface area contributed by atoms with Crippen LogP contribution in [0.15, 0.2) is 54.6 Å². The van der Waals surface area contributed by atoms with E-state index < -0.39 is 10.0 Å². The number of anilines is 1.